The minimum absolute atomic E-state index is 0.525. The number of nitrogens with zero attached hydrogens (tertiary/aromatic N) is 4. The molecule has 2 aromatic heterocycles. The molecule has 4 aromatic rings. The Hall–Kier alpha value is -3.24. The van der Waals surface area contributed by atoms with Crippen LogP contribution in [0.15, 0.2) is 90.2 Å². The van der Waals surface area contributed by atoms with E-state index in [4.69, 9.17) is 16.7 Å². The summed E-state index contributed by atoms with van der Waals surface area (Å²) in [5.74, 6) is 0. The number of hydrogen-bond donors (Lipinski definition) is 0. The molecule has 0 atom stereocenters. The van der Waals surface area contributed by atoms with Crippen molar-refractivity contribution >= 4 is 17.8 Å². The van der Waals surface area contributed by atoms with Crippen LogP contribution in [0.2, 0.25) is 5.02 Å². The van der Waals surface area contributed by atoms with Gasteiger partial charge in [0.1, 0.15) is 5.69 Å². The molecule has 132 valence electrons. The van der Waals surface area contributed by atoms with E-state index < -0.39 is 0 Å². The molecule has 0 unspecified atom stereocenters. The molecule has 0 aliphatic rings. The quantitative estimate of drug-likeness (QED) is 0.451. The second kappa shape index (κ2) is 7.98. The maximum atomic E-state index is 6.03. The van der Waals surface area contributed by atoms with Gasteiger partial charge in [-0.3, -0.25) is 9.98 Å². The summed E-state index contributed by atoms with van der Waals surface area (Å²) in [5, 5.41) is 5.47. The molecule has 2 heterocycles. The molecule has 27 heavy (non-hydrogen) atoms. The molecule has 0 fully saturated rings. The van der Waals surface area contributed by atoms with E-state index in [9.17, 15) is 0 Å². The Morgan fingerprint density at radius 3 is 2.44 bits per heavy atom. The van der Waals surface area contributed by atoms with E-state index in [0.717, 1.165) is 28.2 Å². The third kappa shape index (κ3) is 4.13. The Kier molecular flexibility index (Phi) is 5.08. The van der Waals surface area contributed by atoms with E-state index in [1.807, 2.05) is 89.9 Å². The largest absolute Gasteiger partial charge is 0.286 e. The summed E-state index contributed by atoms with van der Waals surface area (Å²) in [6.07, 6.45) is 5.61. The number of para-hydroxylation sites is 1. The molecule has 0 aliphatic carbocycles. The van der Waals surface area contributed by atoms with Gasteiger partial charge in [0.05, 0.1) is 17.9 Å². The van der Waals surface area contributed by atoms with Crippen LogP contribution in [-0.4, -0.2) is 21.0 Å². The normalized spacial score (nSPS) is 11.1. The molecule has 0 N–H and O–H groups in total. The monoisotopic (exact) mass is 372 g/mol. The second-order valence-corrected chi connectivity index (χ2v) is 6.45. The van der Waals surface area contributed by atoms with Crippen LogP contribution in [0.3, 0.4) is 0 Å². The highest BCUT2D eigenvalue weighted by Crippen LogP contribution is 2.24. The molecular formula is C22H17ClN4. The van der Waals surface area contributed by atoms with Gasteiger partial charge in [0.2, 0.25) is 0 Å². The summed E-state index contributed by atoms with van der Waals surface area (Å²) in [4.78, 5) is 8.86. The first-order valence-corrected chi connectivity index (χ1v) is 8.98. The number of halogens is 1. The van der Waals surface area contributed by atoms with E-state index in [0.29, 0.717) is 11.6 Å². The van der Waals surface area contributed by atoms with Gasteiger partial charge in [0, 0.05) is 34.8 Å². The van der Waals surface area contributed by atoms with Crippen LogP contribution in [0.1, 0.15) is 11.3 Å². The maximum Gasteiger partial charge on any atom is 0.101 e. The van der Waals surface area contributed by atoms with Gasteiger partial charge in [-0.05, 0) is 36.4 Å². The molecule has 0 amide bonds. The average molecular weight is 373 g/mol. The Bertz CT molecular complexity index is 1040. The Balaban J connectivity index is 1.69. The molecule has 0 aliphatic heterocycles. The highest BCUT2D eigenvalue weighted by Gasteiger charge is 2.11. The van der Waals surface area contributed by atoms with Crippen LogP contribution in [0.25, 0.3) is 16.9 Å². The molecule has 0 spiro atoms. The topological polar surface area (TPSA) is 43.1 Å². The summed E-state index contributed by atoms with van der Waals surface area (Å²) in [6, 6.07) is 23.5. The minimum Gasteiger partial charge on any atom is -0.286 e. The van der Waals surface area contributed by atoms with Gasteiger partial charge in [-0.15, -0.1) is 0 Å². The zero-order valence-corrected chi connectivity index (χ0v) is 15.3. The van der Waals surface area contributed by atoms with E-state index in [1.165, 1.54) is 0 Å². The summed E-state index contributed by atoms with van der Waals surface area (Å²) in [6.45, 7) is 0.525. The van der Waals surface area contributed by atoms with Crippen molar-refractivity contribution in [1.29, 1.82) is 0 Å². The number of hydrogen-bond acceptors (Lipinski definition) is 3. The van der Waals surface area contributed by atoms with Gasteiger partial charge < -0.3 is 0 Å². The summed E-state index contributed by atoms with van der Waals surface area (Å²) < 4.78 is 1.87. The predicted octanol–water partition coefficient (Wildman–Crippen LogP) is 5.21. The van der Waals surface area contributed by atoms with Gasteiger partial charge in [-0.25, -0.2) is 4.68 Å². The van der Waals surface area contributed by atoms with Crippen LogP contribution in [0.4, 0.5) is 0 Å². The van der Waals surface area contributed by atoms with E-state index in [1.54, 1.807) is 6.20 Å². The SMILES string of the molecule is Clc1ccc(-c2nn(-c3ccccc3)cc2C=NCc2ccccn2)cc1. The van der Waals surface area contributed by atoms with Crippen molar-refractivity contribution in [3.63, 3.8) is 0 Å². The van der Waals surface area contributed by atoms with Gasteiger partial charge in [-0.2, -0.15) is 5.10 Å². The first-order chi connectivity index (χ1) is 13.3. The molecule has 5 heteroatoms. The number of rotatable bonds is 5. The molecular weight excluding hydrogens is 356 g/mol. The number of benzene rings is 2. The lowest BCUT2D eigenvalue weighted by Gasteiger charge is -2.00. The van der Waals surface area contributed by atoms with Crippen molar-refractivity contribution in [2.75, 3.05) is 0 Å². The lowest BCUT2D eigenvalue weighted by Crippen LogP contribution is -1.93. The zero-order valence-electron chi connectivity index (χ0n) is 14.5. The van der Waals surface area contributed by atoms with Gasteiger partial charge >= 0.3 is 0 Å². The van der Waals surface area contributed by atoms with Crippen molar-refractivity contribution in [3.05, 3.63) is 101 Å². The number of aromatic nitrogens is 3. The van der Waals surface area contributed by atoms with Crippen molar-refractivity contribution in [2.24, 2.45) is 4.99 Å². The van der Waals surface area contributed by atoms with E-state index in [-0.39, 0.29) is 0 Å². The van der Waals surface area contributed by atoms with E-state index in [2.05, 4.69) is 9.98 Å². The summed E-state index contributed by atoms with van der Waals surface area (Å²) >= 11 is 6.03. The second-order valence-electron chi connectivity index (χ2n) is 6.01. The predicted molar refractivity (Wildman–Crippen MR) is 110 cm³/mol. The van der Waals surface area contributed by atoms with Crippen LogP contribution >= 0.6 is 11.6 Å². The standard InChI is InChI=1S/C22H17ClN4/c23-19-11-9-17(10-12-19)22-18(14-24-15-20-6-4-5-13-25-20)16-27(26-22)21-7-2-1-3-8-21/h1-14,16H,15H2. The van der Waals surface area contributed by atoms with Crippen LogP contribution in [0.5, 0.6) is 0 Å². The lowest BCUT2D eigenvalue weighted by atomic mass is 10.1. The van der Waals surface area contributed by atoms with Crippen molar-refractivity contribution in [3.8, 4) is 16.9 Å². The first kappa shape index (κ1) is 17.2. The zero-order chi connectivity index (χ0) is 18.5. The lowest BCUT2D eigenvalue weighted by molar-refractivity contribution is 0.884. The highest BCUT2D eigenvalue weighted by atomic mass is 35.5. The van der Waals surface area contributed by atoms with Crippen LogP contribution < -0.4 is 0 Å². The maximum absolute atomic E-state index is 6.03. The molecule has 0 saturated carbocycles. The molecule has 0 saturated heterocycles. The third-order valence-corrected chi connectivity index (χ3v) is 4.34. The molecule has 2 aromatic carbocycles. The van der Waals surface area contributed by atoms with Gasteiger partial charge in [0.15, 0.2) is 0 Å². The van der Waals surface area contributed by atoms with Crippen molar-refractivity contribution < 1.29 is 0 Å². The Morgan fingerprint density at radius 2 is 1.70 bits per heavy atom. The number of pyridine rings is 1. The molecule has 4 rings (SSSR count). The summed E-state index contributed by atoms with van der Waals surface area (Å²) in [5.41, 5.74) is 4.72. The fourth-order valence-electron chi connectivity index (χ4n) is 2.76. The van der Waals surface area contributed by atoms with Crippen molar-refractivity contribution in [1.82, 2.24) is 14.8 Å². The molecule has 4 nitrogen and oxygen atoms in total. The van der Waals surface area contributed by atoms with Crippen LogP contribution in [-0.2, 0) is 6.54 Å². The Morgan fingerprint density at radius 1 is 0.926 bits per heavy atom. The van der Waals surface area contributed by atoms with Gasteiger partial charge in [-0.1, -0.05) is 48.0 Å². The van der Waals surface area contributed by atoms with Crippen molar-refractivity contribution in [2.45, 2.75) is 6.54 Å². The minimum atomic E-state index is 0.525. The Labute approximate surface area is 162 Å². The average Bonchev–Trinajstić information content (AvgIpc) is 3.14. The van der Waals surface area contributed by atoms with E-state index >= 15 is 0 Å². The fraction of sp³-hybridized carbons (Fsp3) is 0.0455. The summed E-state index contributed by atoms with van der Waals surface area (Å²) in [7, 11) is 0. The first-order valence-electron chi connectivity index (χ1n) is 8.60. The highest BCUT2D eigenvalue weighted by molar-refractivity contribution is 6.30. The third-order valence-electron chi connectivity index (χ3n) is 4.09. The van der Waals surface area contributed by atoms with Crippen LogP contribution in [0, 0.1) is 0 Å². The number of aliphatic imine (C=N–C) groups is 1. The fourth-order valence-corrected chi connectivity index (χ4v) is 2.88. The van der Waals surface area contributed by atoms with Gasteiger partial charge in [0.25, 0.3) is 0 Å². The molecule has 0 bridgehead atoms. The molecule has 0 radical (unpaired) electrons. The smallest absolute Gasteiger partial charge is 0.101 e.